The molecule has 1 aromatic heterocycles. The Morgan fingerprint density at radius 2 is 2.09 bits per heavy atom. The summed E-state index contributed by atoms with van der Waals surface area (Å²) in [4.78, 5) is 18.7. The number of nitrogens with one attached hydrogen (secondary N) is 1. The normalized spacial score (nSPS) is 16.2. The number of sulfone groups is 1. The number of carbonyl (C=O) groups excluding carboxylic acids is 1. The number of hydrogen-bond acceptors (Lipinski definition) is 6. The van der Waals surface area contributed by atoms with Gasteiger partial charge in [-0.1, -0.05) is 11.3 Å². The van der Waals surface area contributed by atoms with Crippen molar-refractivity contribution in [3.63, 3.8) is 0 Å². The highest BCUT2D eigenvalue weighted by Crippen LogP contribution is 2.28. The Kier molecular flexibility index (Phi) is 4.16. The zero-order chi connectivity index (χ0) is 15.7. The number of benzene rings is 1. The number of likely N-dealkylation sites (tertiary alicyclic amines) is 1. The quantitative estimate of drug-likeness (QED) is 0.918. The van der Waals surface area contributed by atoms with Gasteiger partial charge in [0.2, 0.25) is 5.91 Å². The van der Waals surface area contributed by atoms with E-state index in [1.807, 2.05) is 0 Å². The van der Waals surface area contributed by atoms with Crippen molar-refractivity contribution in [3.05, 3.63) is 18.2 Å². The molecule has 0 radical (unpaired) electrons. The first-order valence-corrected chi connectivity index (χ1v) is 9.75. The third-order valence-electron chi connectivity index (χ3n) is 3.60. The van der Waals surface area contributed by atoms with Crippen LogP contribution in [-0.4, -0.2) is 50.1 Å². The van der Waals surface area contributed by atoms with Crippen LogP contribution in [0, 0.1) is 0 Å². The largest absolute Gasteiger partial charge is 0.301 e. The average Bonchev–Trinajstić information content (AvgIpc) is 3.04. The second-order valence-corrected chi connectivity index (χ2v) is 8.50. The summed E-state index contributed by atoms with van der Waals surface area (Å²) in [6.07, 6.45) is 3.46. The lowest BCUT2D eigenvalue weighted by Crippen LogP contribution is -2.30. The molecule has 118 valence electrons. The Morgan fingerprint density at radius 1 is 1.36 bits per heavy atom. The molecule has 1 saturated heterocycles. The predicted molar refractivity (Wildman–Crippen MR) is 87.0 cm³/mol. The molecule has 2 heterocycles. The summed E-state index contributed by atoms with van der Waals surface area (Å²) in [6.45, 7) is 2.31. The van der Waals surface area contributed by atoms with E-state index in [1.165, 1.54) is 23.7 Å². The molecule has 8 heteroatoms. The van der Waals surface area contributed by atoms with Gasteiger partial charge in [0.05, 0.1) is 21.7 Å². The van der Waals surface area contributed by atoms with Crippen LogP contribution in [-0.2, 0) is 14.6 Å². The molecule has 3 rings (SSSR count). The minimum Gasteiger partial charge on any atom is -0.301 e. The van der Waals surface area contributed by atoms with Gasteiger partial charge in [0.15, 0.2) is 15.0 Å². The van der Waals surface area contributed by atoms with Gasteiger partial charge in [-0.15, -0.1) is 0 Å². The average molecular weight is 339 g/mol. The van der Waals surface area contributed by atoms with Crippen LogP contribution in [0.5, 0.6) is 0 Å². The standard InChI is InChI=1S/C14H17N3O3S2/c1-22(19,20)10-4-5-11-12(8-10)21-14(15-11)16-13(18)9-17-6-2-3-7-17/h4-5,8H,2-3,6-7,9H2,1H3,(H,15,16,18). The topological polar surface area (TPSA) is 79.4 Å². The first kappa shape index (κ1) is 15.4. The van der Waals surface area contributed by atoms with E-state index in [-0.39, 0.29) is 10.8 Å². The molecule has 1 amide bonds. The van der Waals surface area contributed by atoms with Crippen LogP contribution in [0.4, 0.5) is 5.13 Å². The lowest BCUT2D eigenvalue weighted by molar-refractivity contribution is -0.117. The SMILES string of the molecule is CS(=O)(=O)c1ccc2nc(NC(=O)CN3CCCC3)sc2c1. The highest BCUT2D eigenvalue weighted by atomic mass is 32.2. The number of thiazole rings is 1. The third kappa shape index (κ3) is 3.45. The third-order valence-corrected chi connectivity index (χ3v) is 5.64. The second kappa shape index (κ2) is 5.94. The van der Waals surface area contributed by atoms with E-state index >= 15 is 0 Å². The molecule has 6 nitrogen and oxygen atoms in total. The number of fused-ring (bicyclic) bond motifs is 1. The smallest absolute Gasteiger partial charge is 0.240 e. The molecule has 0 bridgehead atoms. The Labute approximate surface area is 133 Å². The van der Waals surface area contributed by atoms with Gasteiger partial charge in [-0.05, 0) is 44.1 Å². The minimum absolute atomic E-state index is 0.0794. The van der Waals surface area contributed by atoms with E-state index < -0.39 is 9.84 Å². The zero-order valence-corrected chi connectivity index (χ0v) is 13.8. The van der Waals surface area contributed by atoms with Gasteiger partial charge in [-0.25, -0.2) is 13.4 Å². The molecule has 2 aromatic rings. The van der Waals surface area contributed by atoms with E-state index in [2.05, 4.69) is 15.2 Å². The van der Waals surface area contributed by atoms with Gasteiger partial charge in [0.25, 0.3) is 0 Å². The van der Waals surface area contributed by atoms with E-state index in [0.29, 0.717) is 17.2 Å². The fourth-order valence-corrected chi connectivity index (χ4v) is 4.13. The second-order valence-electron chi connectivity index (χ2n) is 5.45. The van der Waals surface area contributed by atoms with E-state index in [4.69, 9.17) is 0 Å². The van der Waals surface area contributed by atoms with Gasteiger partial charge in [0.1, 0.15) is 0 Å². The molecule has 1 N–H and O–H groups in total. The Bertz CT molecular complexity index is 808. The highest BCUT2D eigenvalue weighted by Gasteiger charge is 2.16. The van der Waals surface area contributed by atoms with Crippen LogP contribution >= 0.6 is 11.3 Å². The lowest BCUT2D eigenvalue weighted by Gasteiger charge is -2.12. The number of aromatic nitrogens is 1. The molecule has 0 aliphatic carbocycles. The van der Waals surface area contributed by atoms with Crippen molar-refractivity contribution in [2.75, 3.05) is 31.2 Å². The van der Waals surface area contributed by atoms with Crippen LogP contribution in [0.3, 0.4) is 0 Å². The lowest BCUT2D eigenvalue weighted by atomic mass is 10.3. The van der Waals surface area contributed by atoms with Gasteiger partial charge in [-0.2, -0.15) is 0 Å². The van der Waals surface area contributed by atoms with Gasteiger partial charge < -0.3 is 5.32 Å². The maximum atomic E-state index is 12.0. The van der Waals surface area contributed by atoms with Crippen molar-refractivity contribution in [1.29, 1.82) is 0 Å². The van der Waals surface area contributed by atoms with Crippen LogP contribution in [0.2, 0.25) is 0 Å². The van der Waals surface area contributed by atoms with Gasteiger partial charge in [0, 0.05) is 6.26 Å². The molecule has 0 saturated carbocycles. The summed E-state index contributed by atoms with van der Waals surface area (Å²) in [5.41, 5.74) is 0.689. The van der Waals surface area contributed by atoms with Crippen LogP contribution in [0.25, 0.3) is 10.2 Å². The van der Waals surface area contributed by atoms with E-state index in [9.17, 15) is 13.2 Å². The Hall–Kier alpha value is -1.51. The molecule has 0 atom stereocenters. The molecular formula is C14H17N3O3S2. The zero-order valence-electron chi connectivity index (χ0n) is 12.2. The molecule has 1 fully saturated rings. The van der Waals surface area contributed by atoms with E-state index in [1.54, 1.807) is 12.1 Å². The monoisotopic (exact) mass is 339 g/mol. The predicted octanol–water partition coefficient (Wildman–Crippen LogP) is 1.73. The molecule has 1 aliphatic heterocycles. The molecule has 1 aromatic carbocycles. The summed E-state index contributed by atoms with van der Waals surface area (Å²) < 4.78 is 23.9. The Balaban J connectivity index is 1.75. The first-order valence-electron chi connectivity index (χ1n) is 7.05. The minimum atomic E-state index is -3.24. The summed E-state index contributed by atoms with van der Waals surface area (Å²) >= 11 is 1.29. The molecular weight excluding hydrogens is 322 g/mol. The first-order chi connectivity index (χ1) is 10.4. The number of nitrogens with zero attached hydrogens (tertiary/aromatic N) is 2. The van der Waals surface area contributed by atoms with E-state index in [0.717, 1.165) is 30.6 Å². The maximum Gasteiger partial charge on any atom is 0.240 e. The molecule has 1 aliphatic rings. The Morgan fingerprint density at radius 3 is 2.77 bits per heavy atom. The van der Waals surface area contributed by atoms with Crippen molar-refractivity contribution in [3.8, 4) is 0 Å². The van der Waals surface area contributed by atoms with Crippen molar-refractivity contribution in [1.82, 2.24) is 9.88 Å². The maximum absolute atomic E-state index is 12.0. The fourth-order valence-electron chi connectivity index (χ4n) is 2.49. The summed E-state index contributed by atoms with van der Waals surface area (Å²) in [5.74, 6) is -0.0794. The van der Waals surface area contributed by atoms with Crippen molar-refractivity contribution in [2.45, 2.75) is 17.7 Å². The summed E-state index contributed by atoms with van der Waals surface area (Å²) in [6, 6.07) is 4.80. The summed E-state index contributed by atoms with van der Waals surface area (Å²) in [5, 5.41) is 3.30. The number of carbonyl (C=O) groups is 1. The number of amides is 1. The molecule has 22 heavy (non-hydrogen) atoms. The van der Waals surface area contributed by atoms with Crippen LogP contribution < -0.4 is 5.32 Å². The van der Waals surface area contributed by atoms with Crippen LogP contribution in [0.15, 0.2) is 23.1 Å². The fraction of sp³-hybridized carbons (Fsp3) is 0.429. The van der Waals surface area contributed by atoms with Crippen molar-refractivity contribution < 1.29 is 13.2 Å². The molecule has 0 spiro atoms. The van der Waals surface area contributed by atoms with Crippen molar-refractivity contribution in [2.24, 2.45) is 0 Å². The number of hydrogen-bond donors (Lipinski definition) is 1. The van der Waals surface area contributed by atoms with Crippen molar-refractivity contribution >= 4 is 42.4 Å². The number of anilines is 1. The van der Waals surface area contributed by atoms with Crippen LogP contribution in [0.1, 0.15) is 12.8 Å². The number of rotatable bonds is 4. The summed E-state index contributed by atoms with van der Waals surface area (Å²) in [7, 11) is -3.24. The highest BCUT2D eigenvalue weighted by molar-refractivity contribution is 7.90. The van der Waals surface area contributed by atoms with Gasteiger partial charge in [-0.3, -0.25) is 9.69 Å². The molecule has 0 unspecified atom stereocenters. The van der Waals surface area contributed by atoms with Gasteiger partial charge >= 0.3 is 0 Å².